The zero-order valence-electron chi connectivity index (χ0n) is 9.75. The minimum absolute atomic E-state index is 0.0156. The van der Waals surface area contributed by atoms with E-state index in [1.54, 1.807) is 31.2 Å². The van der Waals surface area contributed by atoms with Crippen LogP contribution in [0.2, 0.25) is 0 Å². The highest BCUT2D eigenvalue weighted by Gasteiger charge is 2.17. The third-order valence-electron chi connectivity index (χ3n) is 2.78. The van der Waals surface area contributed by atoms with Crippen LogP contribution in [0.15, 0.2) is 36.4 Å². The maximum Gasteiger partial charge on any atom is 0.195 e. The average Bonchev–Trinajstić information content (AvgIpc) is 2.36. The summed E-state index contributed by atoms with van der Waals surface area (Å²) < 4.78 is 39.9. The van der Waals surface area contributed by atoms with Crippen LogP contribution in [0, 0.1) is 17.5 Å². The van der Waals surface area contributed by atoms with E-state index in [1.807, 2.05) is 0 Å². The summed E-state index contributed by atoms with van der Waals surface area (Å²) in [7, 11) is 0. The molecule has 0 radical (unpaired) electrons. The highest BCUT2D eigenvalue weighted by Crippen LogP contribution is 2.30. The quantitative estimate of drug-likeness (QED) is 0.807. The van der Waals surface area contributed by atoms with Crippen molar-refractivity contribution in [3.63, 3.8) is 0 Å². The van der Waals surface area contributed by atoms with E-state index in [4.69, 9.17) is 5.73 Å². The van der Waals surface area contributed by atoms with E-state index in [1.165, 1.54) is 6.07 Å². The molecule has 94 valence electrons. The zero-order valence-corrected chi connectivity index (χ0v) is 9.75. The van der Waals surface area contributed by atoms with E-state index in [9.17, 15) is 13.2 Å². The molecule has 2 rings (SSSR count). The maximum absolute atomic E-state index is 13.7. The van der Waals surface area contributed by atoms with Crippen molar-refractivity contribution < 1.29 is 13.2 Å². The Morgan fingerprint density at radius 3 is 2.22 bits per heavy atom. The summed E-state index contributed by atoms with van der Waals surface area (Å²) in [5.41, 5.74) is 6.95. The first-order valence-corrected chi connectivity index (χ1v) is 5.50. The molecule has 0 spiro atoms. The fourth-order valence-corrected chi connectivity index (χ4v) is 1.87. The molecule has 0 aliphatic carbocycles. The molecule has 0 heterocycles. The van der Waals surface area contributed by atoms with Gasteiger partial charge in [-0.25, -0.2) is 13.2 Å². The molecule has 0 aliphatic rings. The smallest absolute Gasteiger partial charge is 0.195 e. The van der Waals surface area contributed by atoms with Crippen LogP contribution in [0.4, 0.5) is 13.2 Å². The molecular formula is C14H12F3N. The van der Waals surface area contributed by atoms with Crippen LogP contribution in [-0.2, 0) is 0 Å². The van der Waals surface area contributed by atoms with E-state index in [-0.39, 0.29) is 11.6 Å². The third-order valence-corrected chi connectivity index (χ3v) is 2.78. The van der Waals surface area contributed by atoms with Crippen LogP contribution in [0.3, 0.4) is 0 Å². The first-order chi connectivity index (χ1) is 8.52. The van der Waals surface area contributed by atoms with E-state index in [2.05, 4.69) is 0 Å². The summed E-state index contributed by atoms with van der Waals surface area (Å²) in [5, 5.41) is 0. The molecule has 2 N–H and O–H groups in total. The van der Waals surface area contributed by atoms with Crippen molar-refractivity contribution in [2.45, 2.75) is 13.0 Å². The molecule has 0 amide bonds. The lowest BCUT2D eigenvalue weighted by molar-refractivity contribution is 0.449. The molecule has 1 nitrogen and oxygen atoms in total. The summed E-state index contributed by atoms with van der Waals surface area (Å²) in [6.45, 7) is 1.75. The molecule has 2 aromatic rings. The van der Waals surface area contributed by atoms with E-state index in [0.29, 0.717) is 11.1 Å². The normalized spacial score (nSPS) is 12.5. The molecule has 0 saturated heterocycles. The molecule has 0 bridgehead atoms. The number of hydrogen-bond acceptors (Lipinski definition) is 1. The summed E-state index contributed by atoms with van der Waals surface area (Å²) in [5.74, 6) is -3.86. The number of benzene rings is 2. The Morgan fingerprint density at radius 2 is 1.56 bits per heavy atom. The third kappa shape index (κ3) is 2.11. The second-order valence-electron chi connectivity index (χ2n) is 4.10. The lowest BCUT2D eigenvalue weighted by Gasteiger charge is -2.13. The Bertz CT molecular complexity index is 579. The van der Waals surface area contributed by atoms with Gasteiger partial charge in [0.05, 0.1) is 0 Å². The predicted molar refractivity (Wildman–Crippen MR) is 64.4 cm³/mol. The lowest BCUT2D eigenvalue weighted by atomic mass is 9.95. The van der Waals surface area contributed by atoms with Gasteiger partial charge in [-0.05, 0) is 30.2 Å². The van der Waals surface area contributed by atoms with E-state index >= 15 is 0 Å². The van der Waals surface area contributed by atoms with Crippen molar-refractivity contribution in [3.8, 4) is 11.1 Å². The largest absolute Gasteiger partial charge is 0.324 e. The van der Waals surface area contributed by atoms with Gasteiger partial charge in [0.1, 0.15) is 0 Å². The first-order valence-electron chi connectivity index (χ1n) is 5.50. The molecule has 0 aromatic heterocycles. The first kappa shape index (κ1) is 12.6. The standard InChI is InChI=1S/C14H12F3N/c1-8(18)9-4-2-3-5-10(9)11-6-7-12(15)14(17)13(11)16/h2-8H,18H2,1H3. The molecule has 18 heavy (non-hydrogen) atoms. The van der Waals surface area contributed by atoms with Crippen molar-refractivity contribution in [2.24, 2.45) is 5.73 Å². The fourth-order valence-electron chi connectivity index (χ4n) is 1.87. The molecule has 1 unspecified atom stereocenters. The maximum atomic E-state index is 13.7. The van der Waals surface area contributed by atoms with E-state index < -0.39 is 17.5 Å². The Labute approximate surface area is 103 Å². The molecule has 2 aromatic carbocycles. The number of hydrogen-bond donors (Lipinski definition) is 1. The second kappa shape index (κ2) is 4.82. The topological polar surface area (TPSA) is 26.0 Å². The summed E-state index contributed by atoms with van der Waals surface area (Å²) >= 11 is 0. The van der Waals surface area contributed by atoms with Gasteiger partial charge in [-0.1, -0.05) is 24.3 Å². The molecule has 0 aliphatic heterocycles. The van der Waals surface area contributed by atoms with Gasteiger partial charge < -0.3 is 5.73 Å². The van der Waals surface area contributed by atoms with Gasteiger partial charge in [-0.15, -0.1) is 0 Å². The fraction of sp³-hybridized carbons (Fsp3) is 0.143. The number of rotatable bonds is 2. The predicted octanol–water partition coefficient (Wildman–Crippen LogP) is 3.79. The monoisotopic (exact) mass is 251 g/mol. The van der Waals surface area contributed by atoms with E-state index in [0.717, 1.165) is 6.07 Å². The number of nitrogens with two attached hydrogens (primary N) is 1. The summed E-state index contributed by atoms with van der Waals surface area (Å²) in [6.07, 6.45) is 0. The van der Waals surface area contributed by atoms with Crippen molar-refractivity contribution >= 4 is 0 Å². The molecule has 1 atom stereocenters. The number of halogens is 3. The molecule has 4 heteroatoms. The van der Waals surface area contributed by atoms with Crippen LogP contribution in [0.25, 0.3) is 11.1 Å². The Kier molecular flexibility index (Phi) is 3.39. The van der Waals surface area contributed by atoms with Crippen LogP contribution in [-0.4, -0.2) is 0 Å². The molecule has 0 fully saturated rings. The van der Waals surface area contributed by atoms with Crippen molar-refractivity contribution in [1.29, 1.82) is 0 Å². The summed E-state index contributed by atoms with van der Waals surface area (Å²) in [4.78, 5) is 0. The molecule has 0 saturated carbocycles. The van der Waals surface area contributed by atoms with Crippen molar-refractivity contribution in [1.82, 2.24) is 0 Å². The minimum Gasteiger partial charge on any atom is -0.324 e. The van der Waals surface area contributed by atoms with Gasteiger partial charge in [-0.3, -0.25) is 0 Å². The Morgan fingerprint density at radius 1 is 0.889 bits per heavy atom. The SMILES string of the molecule is CC(N)c1ccccc1-c1ccc(F)c(F)c1F. The van der Waals surface area contributed by atoms with Crippen molar-refractivity contribution in [2.75, 3.05) is 0 Å². The minimum atomic E-state index is -1.47. The van der Waals surface area contributed by atoms with Gasteiger partial charge in [0.2, 0.25) is 0 Å². The van der Waals surface area contributed by atoms with Gasteiger partial charge >= 0.3 is 0 Å². The van der Waals surface area contributed by atoms with Gasteiger partial charge in [-0.2, -0.15) is 0 Å². The average molecular weight is 251 g/mol. The van der Waals surface area contributed by atoms with Gasteiger partial charge in [0, 0.05) is 11.6 Å². The van der Waals surface area contributed by atoms with Crippen LogP contribution >= 0.6 is 0 Å². The summed E-state index contributed by atoms with van der Waals surface area (Å²) in [6, 6.07) is 8.63. The van der Waals surface area contributed by atoms with Gasteiger partial charge in [0.25, 0.3) is 0 Å². The molecular weight excluding hydrogens is 239 g/mol. The highest BCUT2D eigenvalue weighted by atomic mass is 19.2. The second-order valence-corrected chi connectivity index (χ2v) is 4.10. The van der Waals surface area contributed by atoms with Crippen LogP contribution in [0.1, 0.15) is 18.5 Å². The lowest BCUT2D eigenvalue weighted by Crippen LogP contribution is -2.07. The van der Waals surface area contributed by atoms with Crippen molar-refractivity contribution in [3.05, 3.63) is 59.4 Å². The van der Waals surface area contributed by atoms with Gasteiger partial charge in [0.15, 0.2) is 17.5 Å². The van der Waals surface area contributed by atoms with Crippen LogP contribution in [0.5, 0.6) is 0 Å². The Hall–Kier alpha value is -1.81. The zero-order chi connectivity index (χ0) is 13.3. The Balaban J connectivity index is 2.66. The highest BCUT2D eigenvalue weighted by molar-refractivity contribution is 5.68. The van der Waals surface area contributed by atoms with Crippen LogP contribution < -0.4 is 5.73 Å².